The summed E-state index contributed by atoms with van der Waals surface area (Å²) in [4.78, 5) is 11.3. The number of carboxylic acid groups (broad SMARTS) is 1. The van der Waals surface area contributed by atoms with Crippen molar-refractivity contribution in [3.63, 3.8) is 0 Å². The Kier molecular flexibility index (Phi) is 7.36. The van der Waals surface area contributed by atoms with Crippen LogP contribution < -0.4 is 5.73 Å². The molecule has 0 spiro atoms. The van der Waals surface area contributed by atoms with Gasteiger partial charge in [-0.15, -0.1) is 0 Å². The van der Waals surface area contributed by atoms with Gasteiger partial charge in [0.2, 0.25) is 0 Å². The van der Waals surface area contributed by atoms with Crippen molar-refractivity contribution in [2.75, 3.05) is 19.8 Å². The third kappa shape index (κ3) is 7.37. The monoisotopic (exact) mass is 285 g/mol. The van der Waals surface area contributed by atoms with Crippen LogP contribution in [0.4, 0.5) is 13.2 Å². The topological polar surface area (TPSA) is 72.5 Å². The molecule has 1 atom stereocenters. The molecule has 0 aliphatic heterocycles. The molecule has 19 heavy (non-hydrogen) atoms. The number of carbonyl (C=O) groups is 1. The predicted molar refractivity (Wildman–Crippen MR) is 64.7 cm³/mol. The van der Waals surface area contributed by atoms with E-state index in [1.165, 1.54) is 0 Å². The van der Waals surface area contributed by atoms with Gasteiger partial charge in [0.05, 0.1) is 5.41 Å². The van der Waals surface area contributed by atoms with Crippen molar-refractivity contribution >= 4 is 5.97 Å². The van der Waals surface area contributed by atoms with E-state index in [-0.39, 0.29) is 31.9 Å². The Morgan fingerprint density at radius 1 is 1.37 bits per heavy atom. The lowest BCUT2D eigenvalue weighted by atomic mass is 9.76. The molecule has 4 nitrogen and oxygen atoms in total. The summed E-state index contributed by atoms with van der Waals surface area (Å²) in [6.45, 7) is 2.31. The van der Waals surface area contributed by atoms with Crippen molar-refractivity contribution in [2.24, 2.45) is 17.1 Å². The molecule has 0 aromatic heterocycles. The average molecular weight is 285 g/mol. The number of ether oxygens (including phenoxy) is 1. The molecule has 0 fully saturated rings. The van der Waals surface area contributed by atoms with Crippen LogP contribution in [0.2, 0.25) is 0 Å². The molecule has 0 saturated heterocycles. The van der Waals surface area contributed by atoms with Gasteiger partial charge in [0.15, 0.2) is 0 Å². The van der Waals surface area contributed by atoms with Gasteiger partial charge >= 0.3 is 12.1 Å². The first-order chi connectivity index (χ1) is 8.63. The number of hydrogen-bond donors (Lipinski definition) is 2. The minimum atomic E-state index is -4.35. The van der Waals surface area contributed by atoms with Gasteiger partial charge in [-0.2, -0.15) is 13.2 Å². The maximum absolute atomic E-state index is 11.8. The lowest BCUT2D eigenvalue weighted by Crippen LogP contribution is -2.40. The number of carboxylic acids is 1. The molecular weight excluding hydrogens is 263 g/mol. The number of hydrogen-bond acceptors (Lipinski definition) is 3. The number of aliphatic carboxylic acids is 1. The summed E-state index contributed by atoms with van der Waals surface area (Å²) in [5.74, 6) is -0.852. The van der Waals surface area contributed by atoms with Crippen molar-refractivity contribution in [1.82, 2.24) is 0 Å². The molecule has 0 aliphatic rings. The molecule has 114 valence electrons. The molecule has 0 aromatic rings. The summed E-state index contributed by atoms with van der Waals surface area (Å²) in [7, 11) is 0. The van der Waals surface area contributed by atoms with E-state index in [9.17, 15) is 23.1 Å². The van der Waals surface area contributed by atoms with Crippen LogP contribution >= 0.6 is 0 Å². The first-order valence-corrected chi connectivity index (χ1v) is 6.21. The standard InChI is InChI=1S/C12H22F3NO3/c1-9(2)6-11(7-16,10(17)18)4-3-5-19-8-12(13,14)15/h9H,3-8,16H2,1-2H3,(H,17,18). The summed E-state index contributed by atoms with van der Waals surface area (Å²) < 4.78 is 40.0. The quantitative estimate of drug-likeness (QED) is 0.638. The van der Waals surface area contributed by atoms with Gasteiger partial charge in [0.25, 0.3) is 0 Å². The highest BCUT2D eigenvalue weighted by molar-refractivity contribution is 5.74. The van der Waals surface area contributed by atoms with E-state index >= 15 is 0 Å². The van der Waals surface area contributed by atoms with E-state index in [1.807, 2.05) is 13.8 Å². The molecule has 0 saturated carbocycles. The van der Waals surface area contributed by atoms with Gasteiger partial charge in [-0.25, -0.2) is 0 Å². The lowest BCUT2D eigenvalue weighted by Gasteiger charge is -2.29. The van der Waals surface area contributed by atoms with Crippen LogP contribution in [0.25, 0.3) is 0 Å². The van der Waals surface area contributed by atoms with Gasteiger partial charge in [-0.05, 0) is 25.2 Å². The fourth-order valence-corrected chi connectivity index (χ4v) is 2.05. The van der Waals surface area contributed by atoms with Crippen LogP contribution in [0, 0.1) is 11.3 Å². The molecule has 0 aromatic carbocycles. The SMILES string of the molecule is CC(C)CC(CN)(CCCOCC(F)(F)F)C(=O)O. The summed E-state index contributed by atoms with van der Waals surface area (Å²) in [6, 6.07) is 0. The third-order valence-corrected chi connectivity index (χ3v) is 2.85. The summed E-state index contributed by atoms with van der Waals surface area (Å²) in [5, 5.41) is 9.26. The molecule has 0 bridgehead atoms. The third-order valence-electron chi connectivity index (χ3n) is 2.85. The largest absolute Gasteiger partial charge is 0.481 e. The van der Waals surface area contributed by atoms with Gasteiger partial charge in [0, 0.05) is 13.2 Å². The Hall–Kier alpha value is -0.820. The highest BCUT2D eigenvalue weighted by atomic mass is 19.4. The Bertz CT molecular complexity index is 282. The highest BCUT2D eigenvalue weighted by Crippen LogP contribution is 2.31. The van der Waals surface area contributed by atoms with Gasteiger partial charge in [0.1, 0.15) is 6.61 Å². The van der Waals surface area contributed by atoms with Gasteiger partial charge < -0.3 is 15.6 Å². The number of halogens is 3. The van der Waals surface area contributed by atoms with Crippen LogP contribution in [0.15, 0.2) is 0 Å². The Morgan fingerprint density at radius 3 is 2.32 bits per heavy atom. The van der Waals surface area contributed by atoms with Gasteiger partial charge in [-0.3, -0.25) is 4.79 Å². The Labute approximate surface area is 111 Å². The van der Waals surface area contributed by atoms with E-state index < -0.39 is 24.2 Å². The second-order valence-electron chi connectivity index (χ2n) is 5.16. The van der Waals surface area contributed by atoms with E-state index in [4.69, 9.17) is 5.73 Å². The van der Waals surface area contributed by atoms with Gasteiger partial charge in [-0.1, -0.05) is 13.8 Å². The van der Waals surface area contributed by atoms with Crippen LogP contribution in [0.5, 0.6) is 0 Å². The summed E-state index contributed by atoms with van der Waals surface area (Å²) in [6.07, 6.45) is -3.49. The Morgan fingerprint density at radius 2 is 1.95 bits per heavy atom. The Balaban J connectivity index is 4.24. The molecule has 1 unspecified atom stereocenters. The number of nitrogens with two attached hydrogens (primary N) is 1. The number of alkyl halides is 3. The average Bonchev–Trinajstić information content (AvgIpc) is 2.24. The zero-order valence-corrected chi connectivity index (χ0v) is 11.3. The van der Waals surface area contributed by atoms with Crippen LogP contribution in [-0.2, 0) is 9.53 Å². The maximum Gasteiger partial charge on any atom is 0.411 e. The molecule has 0 radical (unpaired) electrons. The van der Waals surface area contributed by atoms with E-state index in [1.54, 1.807) is 0 Å². The zero-order valence-electron chi connectivity index (χ0n) is 11.3. The summed E-state index contributed by atoms with van der Waals surface area (Å²) >= 11 is 0. The van der Waals surface area contributed by atoms with Crippen molar-refractivity contribution in [1.29, 1.82) is 0 Å². The van der Waals surface area contributed by atoms with E-state index in [0.29, 0.717) is 6.42 Å². The molecule has 0 amide bonds. The van der Waals surface area contributed by atoms with E-state index in [0.717, 1.165) is 0 Å². The smallest absolute Gasteiger partial charge is 0.411 e. The van der Waals surface area contributed by atoms with Crippen LogP contribution in [0.1, 0.15) is 33.1 Å². The molecule has 0 heterocycles. The minimum Gasteiger partial charge on any atom is -0.481 e. The first-order valence-electron chi connectivity index (χ1n) is 6.21. The first kappa shape index (κ1) is 18.2. The lowest BCUT2D eigenvalue weighted by molar-refractivity contribution is -0.174. The van der Waals surface area contributed by atoms with Crippen molar-refractivity contribution < 1.29 is 27.8 Å². The highest BCUT2D eigenvalue weighted by Gasteiger charge is 2.37. The maximum atomic E-state index is 11.8. The second-order valence-corrected chi connectivity index (χ2v) is 5.16. The molecule has 7 heteroatoms. The molecule has 0 rings (SSSR count). The number of rotatable bonds is 9. The van der Waals surface area contributed by atoms with E-state index in [2.05, 4.69) is 4.74 Å². The predicted octanol–water partition coefficient (Wildman–Crippen LogP) is 2.42. The van der Waals surface area contributed by atoms with Crippen molar-refractivity contribution in [3.05, 3.63) is 0 Å². The zero-order chi connectivity index (χ0) is 15.1. The minimum absolute atomic E-state index is 0.0280. The van der Waals surface area contributed by atoms with Crippen LogP contribution in [0.3, 0.4) is 0 Å². The van der Waals surface area contributed by atoms with Crippen LogP contribution in [-0.4, -0.2) is 37.0 Å². The van der Waals surface area contributed by atoms with Crippen molar-refractivity contribution in [3.8, 4) is 0 Å². The molecular formula is C12H22F3NO3. The molecule has 0 aliphatic carbocycles. The molecule has 3 N–H and O–H groups in total. The fourth-order valence-electron chi connectivity index (χ4n) is 2.05. The fraction of sp³-hybridized carbons (Fsp3) is 0.917. The van der Waals surface area contributed by atoms with Crippen molar-refractivity contribution in [2.45, 2.75) is 39.3 Å². The normalized spacial score (nSPS) is 15.5. The summed E-state index contributed by atoms with van der Waals surface area (Å²) in [5.41, 5.74) is 4.47. The second kappa shape index (κ2) is 7.69.